The number of carboxylic acid groups (broad SMARTS) is 1. The molecular weight excluding hydrogens is 186 g/mol. The lowest BCUT2D eigenvalue weighted by Gasteiger charge is -2.20. The average molecular weight is 201 g/mol. The molecule has 2 unspecified atom stereocenters. The van der Waals surface area contributed by atoms with Crippen molar-refractivity contribution in [3.05, 3.63) is 0 Å². The molecule has 1 saturated heterocycles. The largest absolute Gasteiger partial charge is 0.480 e. The number of hydrogen-bond acceptors (Lipinski definition) is 3. The van der Waals surface area contributed by atoms with E-state index in [9.17, 15) is 9.59 Å². The smallest absolute Gasteiger partial charge is 0.323 e. The molecule has 1 fully saturated rings. The van der Waals surface area contributed by atoms with Crippen LogP contribution in [-0.2, 0) is 14.3 Å². The number of aliphatic carboxylic acids is 1. The molecule has 0 radical (unpaired) electrons. The van der Waals surface area contributed by atoms with Crippen molar-refractivity contribution in [2.75, 3.05) is 20.2 Å². The minimum absolute atomic E-state index is 0.0984. The molecule has 1 N–H and O–H groups in total. The molecule has 0 aliphatic carbocycles. The van der Waals surface area contributed by atoms with Crippen LogP contribution < -0.4 is 0 Å². The Balaban J connectivity index is 2.51. The second kappa shape index (κ2) is 4.41. The zero-order chi connectivity index (χ0) is 10.7. The zero-order valence-electron chi connectivity index (χ0n) is 8.40. The Morgan fingerprint density at radius 1 is 1.57 bits per heavy atom. The summed E-state index contributed by atoms with van der Waals surface area (Å²) in [4.78, 5) is 23.3. The van der Waals surface area contributed by atoms with Gasteiger partial charge in [-0.3, -0.25) is 9.59 Å². The van der Waals surface area contributed by atoms with Gasteiger partial charge >= 0.3 is 5.97 Å². The molecule has 14 heavy (non-hydrogen) atoms. The maximum Gasteiger partial charge on any atom is 0.323 e. The summed E-state index contributed by atoms with van der Waals surface area (Å²) in [7, 11) is 1.50. The first kappa shape index (κ1) is 11.0. The zero-order valence-corrected chi connectivity index (χ0v) is 8.40. The van der Waals surface area contributed by atoms with Gasteiger partial charge in [-0.25, -0.2) is 0 Å². The summed E-state index contributed by atoms with van der Waals surface area (Å²) in [5, 5.41) is 8.52. The number of nitrogens with zero attached hydrogens (tertiary/aromatic N) is 1. The van der Waals surface area contributed by atoms with Crippen molar-refractivity contribution in [2.45, 2.75) is 19.4 Å². The topological polar surface area (TPSA) is 66.8 Å². The molecule has 0 saturated carbocycles. The van der Waals surface area contributed by atoms with E-state index in [0.717, 1.165) is 0 Å². The highest BCUT2D eigenvalue weighted by molar-refractivity contribution is 5.83. The van der Waals surface area contributed by atoms with E-state index in [0.29, 0.717) is 13.0 Å². The van der Waals surface area contributed by atoms with Crippen LogP contribution in [0.25, 0.3) is 0 Å². The van der Waals surface area contributed by atoms with E-state index in [-0.39, 0.29) is 24.5 Å². The van der Waals surface area contributed by atoms with Crippen LogP contribution in [0.3, 0.4) is 0 Å². The van der Waals surface area contributed by atoms with Crippen molar-refractivity contribution in [1.82, 2.24) is 4.90 Å². The Bertz CT molecular complexity index is 241. The van der Waals surface area contributed by atoms with Crippen molar-refractivity contribution in [3.8, 4) is 0 Å². The van der Waals surface area contributed by atoms with Gasteiger partial charge in [0.1, 0.15) is 6.54 Å². The molecular formula is C9H15NO4. The quantitative estimate of drug-likeness (QED) is 0.695. The molecule has 1 aliphatic rings. The summed E-state index contributed by atoms with van der Waals surface area (Å²) >= 11 is 0. The third-order valence-corrected chi connectivity index (χ3v) is 2.44. The summed E-state index contributed by atoms with van der Waals surface area (Å²) in [5.41, 5.74) is 0. The number of likely N-dealkylation sites (N-methyl/N-ethyl adjacent to an activating group) is 1. The third-order valence-electron chi connectivity index (χ3n) is 2.44. The monoisotopic (exact) mass is 201 g/mol. The fourth-order valence-corrected chi connectivity index (χ4v) is 1.62. The first-order valence-corrected chi connectivity index (χ1v) is 4.60. The number of hydrogen-bond donors (Lipinski definition) is 1. The van der Waals surface area contributed by atoms with Crippen LogP contribution >= 0.6 is 0 Å². The lowest BCUT2D eigenvalue weighted by molar-refractivity contribution is -0.145. The fourth-order valence-electron chi connectivity index (χ4n) is 1.62. The molecule has 1 rings (SSSR count). The molecule has 0 aromatic rings. The predicted molar refractivity (Wildman–Crippen MR) is 48.8 cm³/mol. The lowest BCUT2D eigenvalue weighted by Crippen LogP contribution is -2.38. The van der Waals surface area contributed by atoms with Crippen LogP contribution in [0.2, 0.25) is 0 Å². The van der Waals surface area contributed by atoms with E-state index in [4.69, 9.17) is 9.84 Å². The molecule has 5 nitrogen and oxygen atoms in total. The first-order valence-electron chi connectivity index (χ1n) is 4.60. The summed E-state index contributed by atoms with van der Waals surface area (Å²) < 4.78 is 5.25. The highest BCUT2D eigenvalue weighted by Crippen LogP contribution is 2.22. The molecule has 80 valence electrons. The van der Waals surface area contributed by atoms with E-state index in [2.05, 4.69) is 0 Å². The van der Waals surface area contributed by atoms with Gasteiger partial charge in [0.2, 0.25) is 5.91 Å². The number of rotatable bonds is 3. The van der Waals surface area contributed by atoms with Crippen molar-refractivity contribution >= 4 is 11.9 Å². The van der Waals surface area contributed by atoms with Crippen molar-refractivity contribution in [1.29, 1.82) is 0 Å². The first-order chi connectivity index (χ1) is 6.52. The number of amides is 1. The summed E-state index contributed by atoms with van der Waals surface area (Å²) in [5.74, 6) is -1.32. The molecule has 1 aliphatic heterocycles. The van der Waals surface area contributed by atoms with Crippen LogP contribution in [0.4, 0.5) is 0 Å². The van der Waals surface area contributed by atoms with Crippen molar-refractivity contribution in [2.24, 2.45) is 5.92 Å². The number of carbonyl (C=O) groups is 2. The SMILES string of the molecule is CC1OCCC1C(=O)N(C)CC(=O)O. The molecule has 0 aromatic heterocycles. The standard InChI is InChI=1S/C9H15NO4/c1-6-7(3-4-14-6)9(13)10(2)5-8(11)12/h6-7H,3-5H2,1-2H3,(H,11,12). The second-order valence-electron chi connectivity index (χ2n) is 3.56. The predicted octanol–water partition coefficient (Wildman–Crippen LogP) is -0.0456. The fraction of sp³-hybridized carbons (Fsp3) is 0.778. The van der Waals surface area contributed by atoms with Gasteiger partial charge in [0.25, 0.3) is 0 Å². The van der Waals surface area contributed by atoms with E-state index >= 15 is 0 Å². The minimum atomic E-state index is -0.993. The van der Waals surface area contributed by atoms with Gasteiger partial charge in [-0.15, -0.1) is 0 Å². The van der Waals surface area contributed by atoms with Gasteiger partial charge in [0.15, 0.2) is 0 Å². The molecule has 1 heterocycles. The Kier molecular flexibility index (Phi) is 3.46. The van der Waals surface area contributed by atoms with Crippen LogP contribution in [0.1, 0.15) is 13.3 Å². The molecule has 2 atom stereocenters. The van der Waals surface area contributed by atoms with Crippen LogP contribution in [0.5, 0.6) is 0 Å². The molecule has 0 aromatic carbocycles. The summed E-state index contributed by atoms with van der Waals surface area (Å²) in [6, 6.07) is 0. The Morgan fingerprint density at radius 2 is 2.21 bits per heavy atom. The maximum atomic E-state index is 11.7. The molecule has 0 bridgehead atoms. The van der Waals surface area contributed by atoms with E-state index in [1.165, 1.54) is 11.9 Å². The summed E-state index contributed by atoms with van der Waals surface area (Å²) in [6.45, 7) is 2.17. The van der Waals surface area contributed by atoms with Crippen LogP contribution in [0, 0.1) is 5.92 Å². The summed E-state index contributed by atoms with van der Waals surface area (Å²) in [6.07, 6.45) is 0.586. The van der Waals surface area contributed by atoms with Crippen LogP contribution in [0.15, 0.2) is 0 Å². The Hall–Kier alpha value is -1.10. The van der Waals surface area contributed by atoms with Gasteiger partial charge in [-0.05, 0) is 13.3 Å². The number of ether oxygens (including phenoxy) is 1. The van der Waals surface area contributed by atoms with Crippen LogP contribution in [-0.4, -0.2) is 48.2 Å². The van der Waals surface area contributed by atoms with Gasteiger partial charge < -0.3 is 14.7 Å². The van der Waals surface area contributed by atoms with Crippen molar-refractivity contribution < 1.29 is 19.4 Å². The minimum Gasteiger partial charge on any atom is -0.480 e. The third kappa shape index (κ3) is 2.45. The maximum absolute atomic E-state index is 11.7. The highest BCUT2D eigenvalue weighted by Gasteiger charge is 2.32. The van der Waals surface area contributed by atoms with E-state index in [1.54, 1.807) is 0 Å². The van der Waals surface area contributed by atoms with E-state index < -0.39 is 5.97 Å². The Morgan fingerprint density at radius 3 is 2.64 bits per heavy atom. The highest BCUT2D eigenvalue weighted by atomic mass is 16.5. The van der Waals surface area contributed by atoms with Gasteiger partial charge in [-0.1, -0.05) is 0 Å². The second-order valence-corrected chi connectivity index (χ2v) is 3.56. The average Bonchev–Trinajstić information content (AvgIpc) is 2.48. The van der Waals surface area contributed by atoms with Gasteiger partial charge in [0, 0.05) is 13.7 Å². The van der Waals surface area contributed by atoms with Gasteiger partial charge in [-0.2, -0.15) is 0 Å². The number of carboxylic acids is 1. The Labute approximate surface area is 82.6 Å². The number of carbonyl (C=O) groups excluding carboxylic acids is 1. The van der Waals surface area contributed by atoms with Crippen molar-refractivity contribution in [3.63, 3.8) is 0 Å². The normalized spacial score (nSPS) is 26.1. The molecule has 1 amide bonds. The lowest BCUT2D eigenvalue weighted by atomic mass is 10.0. The molecule has 0 spiro atoms. The van der Waals surface area contributed by atoms with E-state index in [1.807, 2.05) is 6.92 Å². The molecule has 5 heteroatoms. The van der Waals surface area contributed by atoms with Gasteiger partial charge in [0.05, 0.1) is 12.0 Å².